The SMILES string of the molecule is CC(C)(C)n1ncc2cccc(C(N)=O)c21. The minimum atomic E-state index is -0.420. The molecule has 0 radical (unpaired) electrons. The first-order valence-electron chi connectivity index (χ1n) is 5.18. The van der Waals surface area contributed by atoms with Crippen LogP contribution in [0.15, 0.2) is 24.4 Å². The molecule has 4 nitrogen and oxygen atoms in total. The van der Waals surface area contributed by atoms with Crippen molar-refractivity contribution < 1.29 is 4.79 Å². The van der Waals surface area contributed by atoms with Crippen molar-refractivity contribution in [2.75, 3.05) is 0 Å². The number of carbonyl (C=O) groups is 1. The van der Waals surface area contributed by atoms with Gasteiger partial charge in [-0.3, -0.25) is 9.48 Å². The molecule has 0 saturated heterocycles. The first-order chi connectivity index (χ1) is 7.41. The van der Waals surface area contributed by atoms with Crippen molar-refractivity contribution in [3.05, 3.63) is 30.0 Å². The molecular formula is C12H15N3O. The summed E-state index contributed by atoms with van der Waals surface area (Å²) in [7, 11) is 0. The molecule has 0 fully saturated rings. The third kappa shape index (κ3) is 1.56. The molecule has 0 unspecified atom stereocenters. The molecule has 1 heterocycles. The van der Waals surface area contributed by atoms with E-state index >= 15 is 0 Å². The summed E-state index contributed by atoms with van der Waals surface area (Å²) < 4.78 is 1.84. The molecule has 0 bridgehead atoms. The molecule has 84 valence electrons. The Hall–Kier alpha value is -1.84. The fraction of sp³-hybridized carbons (Fsp3) is 0.333. The highest BCUT2D eigenvalue weighted by Crippen LogP contribution is 2.24. The lowest BCUT2D eigenvalue weighted by Crippen LogP contribution is -2.24. The zero-order valence-corrected chi connectivity index (χ0v) is 9.69. The Morgan fingerprint density at radius 1 is 1.38 bits per heavy atom. The molecular weight excluding hydrogens is 202 g/mol. The molecule has 1 aromatic carbocycles. The highest BCUT2D eigenvalue weighted by Gasteiger charge is 2.20. The fourth-order valence-corrected chi connectivity index (χ4v) is 1.79. The van der Waals surface area contributed by atoms with Crippen LogP contribution in [0.1, 0.15) is 31.1 Å². The largest absolute Gasteiger partial charge is 0.366 e. The smallest absolute Gasteiger partial charge is 0.250 e. The number of rotatable bonds is 1. The van der Waals surface area contributed by atoms with Crippen LogP contribution in [0.25, 0.3) is 10.9 Å². The number of fused-ring (bicyclic) bond motifs is 1. The molecule has 1 amide bonds. The summed E-state index contributed by atoms with van der Waals surface area (Å²) in [5.74, 6) is -0.420. The van der Waals surface area contributed by atoms with Gasteiger partial charge in [0.2, 0.25) is 0 Å². The lowest BCUT2D eigenvalue weighted by atomic mass is 10.1. The van der Waals surface area contributed by atoms with E-state index in [0.717, 1.165) is 10.9 Å². The quantitative estimate of drug-likeness (QED) is 0.792. The van der Waals surface area contributed by atoms with Gasteiger partial charge in [0.25, 0.3) is 5.91 Å². The number of nitrogens with zero attached hydrogens (tertiary/aromatic N) is 2. The van der Waals surface area contributed by atoms with Crippen LogP contribution in [0.2, 0.25) is 0 Å². The maximum absolute atomic E-state index is 11.4. The summed E-state index contributed by atoms with van der Waals surface area (Å²) in [5.41, 5.74) is 6.52. The van der Waals surface area contributed by atoms with Crippen molar-refractivity contribution in [1.82, 2.24) is 9.78 Å². The molecule has 0 spiro atoms. The Kier molecular flexibility index (Phi) is 2.22. The van der Waals surface area contributed by atoms with Crippen LogP contribution >= 0.6 is 0 Å². The average Bonchev–Trinajstić information content (AvgIpc) is 2.59. The Bertz CT molecular complexity index is 549. The minimum Gasteiger partial charge on any atom is -0.366 e. The zero-order chi connectivity index (χ0) is 11.9. The van der Waals surface area contributed by atoms with E-state index in [0.29, 0.717) is 5.56 Å². The number of primary amides is 1. The second kappa shape index (κ2) is 3.33. The van der Waals surface area contributed by atoms with Gasteiger partial charge in [0.05, 0.1) is 22.8 Å². The topological polar surface area (TPSA) is 60.9 Å². The third-order valence-corrected chi connectivity index (χ3v) is 2.49. The molecule has 2 rings (SSSR count). The van der Waals surface area contributed by atoms with Gasteiger partial charge < -0.3 is 5.73 Å². The molecule has 0 aliphatic heterocycles. The van der Waals surface area contributed by atoms with Crippen LogP contribution in [0, 0.1) is 0 Å². The molecule has 4 heteroatoms. The van der Waals surface area contributed by atoms with Crippen LogP contribution in [0.3, 0.4) is 0 Å². The molecule has 0 aliphatic rings. The third-order valence-electron chi connectivity index (χ3n) is 2.49. The van der Waals surface area contributed by atoms with Crippen molar-refractivity contribution in [1.29, 1.82) is 0 Å². The maximum Gasteiger partial charge on any atom is 0.250 e. The Morgan fingerprint density at radius 3 is 2.62 bits per heavy atom. The summed E-state index contributed by atoms with van der Waals surface area (Å²) in [6.45, 7) is 6.12. The molecule has 0 saturated carbocycles. The normalized spacial score (nSPS) is 11.9. The first-order valence-corrected chi connectivity index (χ1v) is 5.18. The monoisotopic (exact) mass is 217 g/mol. The number of carbonyl (C=O) groups excluding carboxylic acids is 1. The van der Waals surface area contributed by atoms with Crippen LogP contribution in [0.5, 0.6) is 0 Å². The number of hydrogen-bond donors (Lipinski definition) is 1. The van der Waals surface area contributed by atoms with E-state index in [2.05, 4.69) is 5.10 Å². The molecule has 1 aromatic heterocycles. The van der Waals surface area contributed by atoms with Gasteiger partial charge in [-0.15, -0.1) is 0 Å². The van der Waals surface area contributed by atoms with E-state index in [1.165, 1.54) is 0 Å². The van der Waals surface area contributed by atoms with Gasteiger partial charge >= 0.3 is 0 Å². The van der Waals surface area contributed by atoms with E-state index in [-0.39, 0.29) is 5.54 Å². The van der Waals surface area contributed by atoms with E-state index in [9.17, 15) is 4.79 Å². The summed E-state index contributed by atoms with van der Waals surface area (Å²) >= 11 is 0. The number of aromatic nitrogens is 2. The second-order valence-corrected chi connectivity index (χ2v) is 4.83. The lowest BCUT2D eigenvalue weighted by molar-refractivity contribution is 0.100. The maximum atomic E-state index is 11.4. The van der Waals surface area contributed by atoms with Crippen molar-refractivity contribution in [2.45, 2.75) is 26.3 Å². The number of hydrogen-bond acceptors (Lipinski definition) is 2. The highest BCUT2D eigenvalue weighted by molar-refractivity contribution is 6.04. The fourth-order valence-electron chi connectivity index (χ4n) is 1.79. The predicted octanol–water partition coefficient (Wildman–Crippen LogP) is 1.89. The Morgan fingerprint density at radius 2 is 2.06 bits per heavy atom. The van der Waals surface area contributed by atoms with E-state index in [1.807, 2.05) is 37.6 Å². The summed E-state index contributed by atoms with van der Waals surface area (Å²) in [5, 5.41) is 5.25. The number of benzene rings is 1. The second-order valence-electron chi connectivity index (χ2n) is 4.83. The van der Waals surface area contributed by atoms with Crippen LogP contribution in [-0.4, -0.2) is 15.7 Å². The molecule has 2 aromatic rings. The molecule has 2 N–H and O–H groups in total. The van der Waals surface area contributed by atoms with E-state index < -0.39 is 5.91 Å². The minimum absolute atomic E-state index is 0.173. The molecule has 0 atom stereocenters. The van der Waals surface area contributed by atoms with Gasteiger partial charge in [-0.05, 0) is 26.8 Å². The Balaban J connectivity index is 2.83. The van der Waals surface area contributed by atoms with Crippen LogP contribution < -0.4 is 5.73 Å². The molecule has 0 aliphatic carbocycles. The lowest BCUT2D eigenvalue weighted by Gasteiger charge is -2.21. The van der Waals surface area contributed by atoms with E-state index in [4.69, 9.17) is 5.73 Å². The number of nitrogens with two attached hydrogens (primary N) is 1. The number of amides is 1. The first kappa shape index (κ1) is 10.7. The van der Waals surface area contributed by atoms with Gasteiger partial charge in [0.15, 0.2) is 0 Å². The Labute approximate surface area is 94.0 Å². The van der Waals surface area contributed by atoms with Crippen molar-refractivity contribution in [3.8, 4) is 0 Å². The van der Waals surface area contributed by atoms with Crippen molar-refractivity contribution in [2.24, 2.45) is 5.73 Å². The van der Waals surface area contributed by atoms with Crippen LogP contribution in [0.4, 0.5) is 0 Å². The zero-order valence-electron chi connectivity index (χ0n) is 9.69. The van der Waals surface area contributed by atoms with Crippen molar-refractivity contribution in [3.63, 3.8) is 0 Å². The van der Waals surface area contributed by atoms with Gasteiger partial charge in [-0.1, -0.05) is 12.1 Å². The summed E-state index contributed by atoms with van der Waals surface area (Å²) in [6.07, 6.45) is 1.76. The van der Waals surface area contributed by atoms with Gasteiger partial charge in [-0.25, -0.2) is 0 Å². The average molecular weight is 217 g/mol. The summed E-state index contributed by atoms with van der Waals surface area (Å²) in [6, 6.07) is 5.47. The van der Waals surface area contributed by atoms with Crippen LogP contribution in [-0.2, 0) is 5.54 Å². The highest BCUT2D eigenvalue weighted by atomic mass is 16.1. The number of para-hydroxylation sites is 1. The van der Waals surface area contributed by atoms with E-state index in [1.54, 1.807) is 12.3 Å². The van der Waals surface area contributed by atoms with Gasteiger partial charge in [-0.2, -0.15) is 5.10 Å². The van der Waals surface area contributed by atoms with Gasteiger partial charge in [0, 0.05) is 5.39 Å². The van der Waals surface area contributed by atoms with Gasteiger partial charge in [0.1, 0.15) is 0 Å². The summed E-state index contributed by atoms with van der Waals surface area (Å²) in [4.78, 5) is 11.4. The standard InChI is InChI=1S/C12H15N3O/c1-12(2,3)15-10-8(7-14-15)5-4-6-9(10)11(13)16/h4-7H,1-3H3,(H2,13,16). The molecule has 16 heavy (non-hydrogen) atoms. The predicted molar refractivity (Wildman–Crippen MR) is 63.2 cm³/mol. The van der Waals surface area contributed by atoms with Crippen molar-refractivity contribution >= 4 is 16.8 Å².